The van der Waals surface area contributed by atoms with E-state index in [1.54, 1.807) is 0 Å². The van der Waals surface area contributed by atoms with Crippen molar-refractivity contribution in [2.75, 3.05) is 4.90 Å². The van der Waals surface area contributed by atoms with E-state index in [0.717, 1.165) is 78.2 Å². The third-order valence-electron chi connectivity index (χ3n) is 9.20. The third-order valence-corrected chi connectivity index (χ3v) is 9.20. The number of aromatic nitrogens is 3. The molecule has 3 heterocycles. The number of fused-ring (bicyclic) bond motifs is 3. The van der Waals surface area contributed by atoms with Crippen LogP contribution in [0.2, 0.25) is 0 Å². The summed E-state index contributed by atoms with van der Waals surface area (Å²) in [5.74, 6) is 1.74. The van der Waals surface area contributed by atoms with Crippen molar-refractivity contribution in [3.8, 4) is 45.5 Å². The highest BCUT2D eigenvalue weighted by Gasteiger charge is 2.17. The zero-order chi connectivity index (χ0) is 34.4. The van der Waals surface area contributed by atoms with Crippen molar-refractivity contribution in [3.05, 3.63) is 170 Å². The maximum Gasteiger partial charge on any atom is 0.227 e. The van der Waals surface area contributed by atoms with Crippen molar-refractivity contribution in [3.63, 3.8) is 0 Å². The molecule has 246 valence electrons. The Labute approximate surface area is 298 Å². The molecule has 0 saturated carbocycles. The molecule has 0 fully saturated rings. The maximum absolute atomic E-state index is 6.21. The molecule has 10 aromatic rings. The average Bonchev–Trinajstić information content (AvgIpc) is 3.96. The first-order valence-electron chi connectivity index (χ1n) is 17.0. The van der Waals surface area contributed by atoms with Gasteiger partial charge in [0.25, 0.3) is 0 Å². The number of rotatable bonds is 7. The van der Waals surface area contributed by atoms with Gasteiger partial charge in [0.15, 0.2) is 16.7 Å². The van der Waals surface area contributed by atoms with Crippen LogP contribution in [-0.2, 0) is 0 Å². The summed E-state index contributed by atoms with van der Waals surface area (Å²) < 4.78 is 18.3. The van der Waals surface area contributed by atoms with Gasteiger partial charge in [0, 0.05) is 33.8 Å². The van der Waals surface area contributed by atoms with Crippen molar-refractivity contribution in [1.29, 1.82) is 0 Å². The predicted molar refractivity (Wildman–Crippen MR) is 206 cm³/mol. The van der Waals surface area contributed by atoms with Gasteiger partial charge >= 0.3 is 0 Å². The summed E-state index contributed by atoms with van der Waals surface area (Å²) in [6, 6.07) is 56.7. The Morgan fingerprint density at radius 1 is 0.308 bits per heavy atom. The molecule has 0 bridgehead atoms. The minimum atomic E-state index is 0.573. The number of hydrogen-bond acceptors (Lipinski definition) is 7. The van der Waals surface area contributed by atoms with Gasteiger partial charge in [-0.1, -0.05) is 60.7 Å². The smallest absolute Gasteiger partial charge is 0.227 e. The van der Waals surface area contributed by atoms with Crippen LogP contribution in [0.3, 0.4) is 0 Å². The molecule has 7 nitrogen and oxygen atoms in total. The van der Waals surface area contributed by atoms with E-state index >= 15 is 0 Å². The third kappa shape index (κ3) is 5.37. The average molecular weight is 673 g/mol. The monoisotopic (exact) mass is 672 g/mol. The van der Waals surface area contributed by atoms with Gasteiger partial charge in [-0.2, -0.15) is 0 Å². The van der Waals surface area contributed by atoms with Gasteiger partial charge in [-0.15, -0.1) is 0 Å². The van der Waals surface area contributed by atoms with Crippen LogP contribution in [-0.4, -0.2) is 15.0 Å². The van der Waals surface area contributed by atoms with Crippen LogP contribution < -0.4 is 4.90 Å². The molecule has 0 N–H and O–H groups in total. The van der Waals surface area contributed by atoms with Gasteiger partial charge in [0.2, 0.25) is 17.7 Å². The SMILES string of the molecule is c1ccc(-c2ccc3oc(-c4ccc(N(c5ccc(-c6nc7ccccc7o6)cc5)c5ccc(-c6nc7ccccc7o6)cc5)cc4)nc3c2)cc1. The van der Waals surface area contributed by atoms with Crippen LogP contribution in [0.15, 0.2) is 183 Å². The van der Waals surface area contributed by atoms with Gasteiger partial charge in [-0.25, -0.2) is 15.0 Å². The van der Waals surface area contributed by atoms with Crippen molar-refractivity contribution < 1.29 is 13.3 Å². The normalized spacial score (nSPS) is 11.5. The van der Waals surface area contributed by atoms with Crippen molar-refractivity contribution in [2.45, 2.75) is 0 Å². The van der Waals surface area contributed by atoms with E-state index in [1.165, 1.54) is 0 Å². The van der Waals surface area contributed by atoms with Crippen molar-refractivity contribution in [2.24, 2.45) is 0 Å². The molecule has 0 unspecified atom stereocenters. The van der Waals surface area contributed by atoms with Gasteiger partial charge < -0.3 is 18.2 Å². The Bertz CT molecular complexity index is 2650. The molecule has 0 radical (unpaired) electrons. The number of hydrogen-bond donors (Lipinski definition) is 0. The van der Waals surface area contributed by atoms with Crippen LogP contribution in [0.5, 0.6) is 0 Å². The molecule has 0 spiro atoms. The van der Waals surface area contributed by atoms with Gasteiger partial charge in [0.05, 0.1) is 0 Å². The highest BCUT2D eigenvalue weighted by atomic mass is 16.4. The van der Waals surface area contributed by atoms with Crippen LogP contribution in [0.25, 0.3) is 78.8 Å². The second-order valence-electron chi connectivity index (χ2n) is 12.5. The lowest BCUT2D eigenvalue weighted by Gasteiger charge is -2.26. The van der Waals surface area contributed by atoms with Crippen LogP contribution >= 0.6 is 0 Å². The molecule has 10 rings (SSSR count). The standard InChI is InChI=1S/C45H28N4O3/c1-2-8-29(9-3-1)33-20-27-42-39(28-33)48-45(52-42)32-18-25-36(26-19-32)49(34-21-14-30(15-22-34)43-46-37-10-4-6-12-40(37)50-43)35-23-16-31(17-24-35)44-47-38-11-5-7-13-41(38)51-44/h1-28H. The molecule has 7 heteroatoms. The molecule has 52 heavy (non-hydrogen) atoms. The molecular weight excluding hydrogens is 645 g/mol. The summed E-state index contributed by atoms with van der Waals surface area (Å²) in [7, 11) is 0. The van der Waals surface area contributed by atoms with Crippen LogP contribution in [0.1, 0.15) is 0 Å². The number of anilines is 3. The first kappa shape index (κ1) is 29.6. The fourth-order valence-electron chi connectivity index (χ4n) is 6.56. The Morgan fingerprint density at radius 2 is 0.692 bits per heavy atom. The minimum absolute atomic E-state index is 0.573. The summed E-state index contributed by atoms with van der Waals surface area (Å²) in [5, 5.41) is 0. The first-order valence-corrected chi connectivity index (χ1v) is 17.0. The van der Waals surface area contributed by atoms with E-state index in [1.807, 2.05) is 109 Å². The Hall–Kier alpha value is -7.25. The lowest BCUT2D eigenvalue weighted by Crippen LogP contribution is -2.09. The number of nitrogens with zero attached hydrogens (tertiary/aromatic N) is 4. The number of benzene rings is 7. The fourth-order valence-corrected chi connectivity index (χ4v) is 6.56. The molecule has 0 aliphatic rings. The fraction of sp³-hybridized carbons (Fsp3) is 0. The second kappa shape index (κ2) is 12.3. The molecule has 0 aliphatic heterocycles. The van der Waals surface area contributed by atoms with E-state index in [0.29, 0.717) is 17.7 Å². The predicted octanol–water partition coefficient (Wildman–Crippen LogP) is 12.2. The molecule has 7 aromatic carbocycles. The highest BCUT2D eigenvalue weighted by Crippen LogP contribution is 2.38. The molecule has 0 atom stereocenters. The minimum Gasteiger partial charge on any atom is -0.436 e. The highest BCUT2D eigenvalue weighted by molar-refractivity contribution is 5.84. The van der Waals surface area contributed by atoms with Gasteiger partial charge in [0.1, 0.15) is 16.6 Å². The summed E-state index contributed by atoms with van der Waals surface area (Å²) in [5.41, 5.74) is 12.6. The van der Waals surface area contributed by atoms with Crippen molar-refractivity contribution >= 4 is 50.4 Å². The van der Waals surface area contributed by atoms with Gasteiger partial charge in [-0.05, 0) is 120 Å². The summed E-state index contributed by atoms with van der Waals surface area (Å²) >= 11 is 0. The molecule has 0 aliphatic carbocycles. The maximum atomic E-state index is 6.21. The molecule has 3 aromatic heterocycles. The molecular formula is C45H28N4O3. The van der Waals surface area contributed by atoms with Gasteiger partial charge in [-0.3, -0.25) is 0 Å². The first-order chi connectivity index (χ1) is 25.7. The van der Waals surface area contributed by atoms with E-state index in [9.17, 15) is 0 Å². The summed E-state index contributed by atoms with van der Waals surface area (Å²) in [6.45, 7) is 0. The Kier molecular flexibility index (Phi) is 6.99. The topological polar surface area (TPSA) is 81.3 Å². The quantitative estimate of drug-likeness (QED) is 0.167. The summed E-state index contributed by atoms with van der Waals surface area (Å²) in [6.07, 6.45) is 0. The van der Waals surface area contributed by atoms with E-state index in [2.05, 4.69) is 65.6 Å². The number of para-hydroxylation sites is 4. The van der Waals surface area contributed by atoms with E-state index < -0.39 is 0 Å². The molecule has 0 saturated heterocycles. The zero-order valence-corrected chi connectivity index (χ0v) is 27.7. The Morgan fingerprint density at radius 3 is 1.15 bits per heavy atom. The lowest BCUT2D eigenvalue weighted by molar-refractivity contribution is 0.619. The number of oxazole rings is 3. The second-order valence-corrected chi connectivity index (χ2v) is 12.5. The molecule has 0 amide bonds. The Balaban J connectivity index is 1.00. The van der Waals surface area contributed by atoms with E-state index in [-0.39, 0.29) is 0 Å². The van der Waals surface area contributed by atoms with Crippen LogP contribution in [0, 0.1) is 0 Å². The van der Waals surface area contributed by atoms with E-state index in [4.69, 9.17) is 28.2 Å². The zero-order valence-electron chi connectivity index (χ0n) is 27.7. The van der Waals surface area contributed by atoms with Crippen molar-refractivity contribution in [1.82, 2.24) is 15.0 Å². The summed E-state index contributed by atoms with van der Waals surface area (Å²) in [4.78, 5) is 16.4. The lowest BCUT2D eigenvalue weighted by atomic mass is 10.1. The largest absolute Gasteiger partial charge is 0.436 e. The van der Waals surface area contributed by atoms with Crippen LogP contribution in [0.4, 0.5) is 17.1 Å².